The Kier molecular flexibility index (Phi) is 24.5. The monoisotopic (exact) mass is 627 g/mol. The van der Waals surface area contributed by atoms with E-state index >= 15 is 0 Å². The van der Waals surface area contributed by atoms with Gasteiger partial charge in [-0.25, -0.2) is 0 Å². The molecule has 2 unspecified atom stereocenters. The number of benzene rings is 2. The van der Waals surface area contributed by atoms with Gasteiger partial charge in [-0.2, -0.15) is 0 Å². The first kappa shape index (κ1) is 40.2. The van der Waals surface area contributed by atoms with Gasteiger partial charge in [0.2, 0.25) is 0 Å². The highest BCUT2D eigenvalue weighted by Gasteiger charge is 2.11. The van der Waals surface area contributed by atoms with E-state index in [1.807, 2.05) is 0 Å². The van der Waals surface area contributed by atoms with Gasteiger partial charge in [-0.15, -0.1) is 0 Å². The molecule has 0 aliphatic rings. The zero-order valence-corrected chi connectivity index (χ0v) is 31.2. The van der Waals surface area contributed by atoms with Gasteiger partial charge in [0.15, 0.2) is 0 Å². The molecule has 2 aromatic rings. The van der Waals surface area contributed by atoms with Crippen LogP contribution >= 0.6 is 0 Å². The summed E-state index contributed by atoms with van der Waals surface area (Å²) in [7, 11) is 0. The second-order valence-corrected chi connectivity index (χ2v) is 14.6. The summed E-state index contributed by atoms with van der Waals surface area (Å²) < 4.78 is 0. The van der Waals surface area contributed by atoms with Crippen LogP contribution in [0.3, 0.4) is 0 Å². The summed E-state index contributed by atoms with van der Waals surface area (Å²) in [6.45, 7) is 9.25. The largest absolute Gasteiger partial charge is 0.0654 e. The predicted octanol–water partition coefficient (Wildman–Crippen LogP) is 14.8. The van der Waals surface area contributed by atoms with Crippen molar-refractivity contribution in [1.29, 1.82) is 0 Å². The van der Waals surface area contributed by atoms with E-state index in [0.29, 0.717) is 0 Å². The van der Waals surface area contributed by atoms with Gasteiger partial charge in [0.1, 0.15) is 0 Å². The van der Waals surface area contributed by atoms with Crippen LogP contribution in [0.1, 0.15) is 204 Å². The van der Waals surface area contributed by atoms with Gasteiger partial charge in [-0.3, -0.25) is 0 Å². The Morgan fingerprint density at radius 1 is 0.348 bits per heavy atom. The lowest BCUT2D eigenvalue weighted by Gasteiger charge is -2.17. The number of rotatable bonds is 28. The molecule has 0 nitrogen and oxygen atoms in total. The lowest BCUT2D eigenvalue weighted by molar-refractivity contribution is 0.402. The third-order valence-corrected chi connectivity index (χ3v) is 10.2. The molecule has 0 saturated heterocycles. The Morgan fingerprint density at radius 2 is 0.609 bits per heavy atom. The Hall–Kier alpha value is -2.00. The van der Waals surface area contributed by atoms with Gasteiger partial charge < -0.3 is 0 Å². The maximum Gasteiger partial charge on any atom is 0.0249 e. The molecule has 0 aromatic heterocycles. The van der Waals surface area contributed by atoms with E-state index in [-0.39, 0.29) is 0 Å². The molecule has 0 aliphatic heterocycles. The molecule has 0 fully saturated rings. The van der Waals surface area contributed by atoms with E-state index < -0.39 is 0 Å². The second-order valence-electron chi connectivity index (χ2n) is 14.6. The van der Waals surface area contributed by atoms with Gasteiger partial charge in [0.25, 0.3) is 0 Å². The SMILES string of the molecule is CCCCCCCCC(CCCCCC)Cc1ccc(C#Cc2ccc(CC(CCCCCC)CCCCCCCC)cc2)cc1. The van der Waals surface area contributed by atoms with Crippen molar-refractivity contribution in [3.05, 3.63) is 70.8 Å². The molecule has 0 heterocycles. The Labute approximate surface area is 288 Å². The first-order valence-electron chi connectivity index (χ1n) is 20.4. The highest BCUT2D eigenvalue weighted by molar-refractivity contribution is 5.44. The van der Waals surface area contributed by atoms with Crippen LogP contribution in [0.4, 0.5) is 0 Å². The summed E-state index contributed by atoms with van der Waals surface area (Å²) >= 11 is 0. The van der Waals surface area contributed by atoms with Crippen LogP contribution in [0.25, 0.3) is 0 Å². The van der Waals surface area contributed by atoms with Crippen molar-refractivity contribution in [2.24, 2.45) is 11.8 Å². The lowest BCUT2D eigenvalue weighted by atomic mass is 9.88. The summed E-state index contributed by atoms with van der Waals surface area (Å²) in [5.41, 5.74) is 5.25. The summed E-state index contributed by atoms with van der Waals surface area (Å²) in [4.78, 5) is 0. The van der Waals surface area contributed by atoms with Crippen LogP contribution in [0.5, 0.6) is 0 Å². The summed E-state index contributed by atoms with van der Waals surface area (Å²) in [6.07, 6.45) is 35.9. The molecule has 2 aromatic carbocycles. The molecule has 0 bridgehead atoms. The average molecular weight is 627 g/mol. The quantitative estimate of drug-likeness (QED) is 0.0651. The van der Waals surface area contributed by atoms with Crippen molar-refractivity contribution in [3.8, 4) is 11.8 Å². The molecule has 2 atom stereocenters. The third kappa shape index (κ3) is 20.3. The van der Waals surface area contributed by atoms with Crippen LogP contribution in [-0.2, 0) is 12.8 Å². The Balaban J connectivity index is 1.88. The topological polar surface area (TPSA) is 0 Å². The summed E-state index contributed by atoms with van der Waals surface area (Å²) in [5.74, 6) is 8.56. The Bertz CT molecular complexity index is 919. The number of unbranched alkanes of at least 4 members (excludes halogenated alkanes) is 16. The first-order chi connectivity index (χ1) is 22.7. The van der Waals surface area contributed by atoms with Gasteiger partial charge in [0, 0.05) is 11.1 Å². The van der Waals surface area contributed by atoms with E-state index in [4.69, 9.17) is 0 Å². The zero-order chi connectivity index (χ0) is 32.9. The van der Waals surface area contributed by atoms with Crippen LogP contribution in [0.2, 0.25) is 0 Å². The van der Waals surface area contributed by atoms with Crippen LogP contribution in [0.15, 0.2) is 48.5 Å². The molecule has 2 rings (SSSR count). The van der Waals surface area contributed by atoms with Crippen LogP contribution in [0, 0.1) is 23.7 Å². The first-order valence-corrected chi connectivity index (χ1v) is 20.4. The maximum atomic E-state index is 3.45. The Morgan fingerprint density at radius 3 is 0.913 bits per heavy atom. The molecule has 0 saturated carbocycles. The van der Waals surface area contributed by atoms with Crippen LogP contribution < -0.4 is 0 Å². The second kappa shape index (κ2) is 28.1. The van der Waals surface area contributed by atoms with Crippen LogP contribution in [-0.4, -0.2) is 0 Å². The summed E-state index contributed by atoms with van der Waals surface area (Å²) in [6, 6.07) is 18.4. The molecular weight excluding hydrogens is 553 g/mol. The minimum Gasteiger partial charge on any atom is -0.0654 e. The number of hydrogen-bond donors (Lipinski definition) is 0. The molecule has 0 spiro atoms. The fourth-order valence-electron chi connectivity index (χ4n) is 7.10. The standard InChI is InChI=1S/C46H74/c1-5-9-13-17-19-23-27-43(25-21-15-11-7-3)39-45-35-31-41(32-36-45)29-30-42-33-37-46(38-34-42)40-44(26-22-16-12-8-4)28-24-20-18-14-10-6-2/h31-38,43-44H,5-28,39-40H2,1-4H3. The van der Waals surface area contributed by atoms with Crippen molar-refractivity contribution in [1.82, 2.24) is 0 Å². The fraction of sp³-hybridized carbons (Fsp3) is 0.696. The van der Waals surface area contributed by atoms with Crippen molar-refractivity contribution < 1.29 is 0 Å². The summed E-state index contributed by atoms with van der Waals surface area (Å²) in [5, 5.41) is 0. The van der Waals surface area contributed by atoms with E-state index in [1.165, 1.54) is 178 Å². The molecule has 0 heteroatoms. The minimum atomic E-state index is 0.834. The van der Waals surface area contributed by atoms with Gasteiger partial charge in [-0.05, 0) is 60.1 Å². The average Bonchev–Trinajstić information content (AvgIpc) is 3.08. The van der Waals surface area contributed by atoms with Crippen molar-refractivity contribution in [2.75, 3.05) is 0 Å². The van der Waals surface area contributed by atoms with Gasteiger partial charge in [-0.1, -0.05) is 218 Å². The van der Waals surface area contributed by atoms with Crippen molar-refractivity contribution in [3.63, 3.8) is 0 Å². The maximum absolute atomic E-state index is 3.45. The van der Waals surface area contributed by atoms with E-state index in [0.717, 1.165) is 23.0 Å². The molecular formula is C46H74. The van der Waals surface area contributed by atoms with E-state index in [9.17, 15) is 0 Å². The zero-order valence-electron chi connectivity index (χ0n) is 31.2. The molecule has 258 valence electrons. The third-order valence-electron chi connectivity index (χ3n) is 10.2. The molecule has 46 heavy (non-hydrogen) atoms. The van der Waals surface area contributed by atoms with Crippen molar-refractivity contribution in [2.45, 2.75) is 195 Å². The molecule has 0 amide bonds. The highest BCUT2D eigenvalue weighted by atomic mass is 14.2. The van der Waals surface area contributed by atoms with Gasteiger partial charge >= 0.3 is 0 Å². The molecule has 0 N–H and O–H groups in total. The van der Waals surface area contributed by atoms with Gasteiger partial charge in [0.05, 0.1) is 0 Å². The molecule has 0 aliphatic carbocycles. The van der Waals surface area contributed by atoms with E-state index in [1.54, 1.807) is 0 Å². The lowest BCUT2D eigenvalue weighted by Crippen LogP contribution is -2.05. The normalized spacial score (nSPS) is 12.5. The predicted molar refractivity (Wildman–Crippen MR) is 207 cm³/mol. The van der Waals surface area contributed by atoms with E-state index in [2.05, 4.69) is 88.1 Å². The smallest absolute Gasteiger partial charge is 0.0249 e. The highest BCUT2D eigenvalue weighted by Crippen LogP contribution is 2.25. The fourth-order valence-corrected chi connectivity index (χ4v) is 7.10. The van der Waals surface area contributed by atoms with Crippen molar-refractivity contribution >= 4 is 0 Å². The minimum absolute atomic E-state index is 0.834. The molecule has 0 radical (unpaired) electrons. The number of hydrogen-bond acceptors (Lipinski definition) is 0.